The summed E-state index contributed by atoms with van der Waals surface area (Å²) in [6.07, 6.45) is 4.82. The van der Waals surface area contributed by atoms with Gasteiger partial charge in [-0.3, -0.25) is 15.0 Å². The van der Waals surface area contributed by atoms with Crippen molar-refractivity contribution in [2.45, 2.75) is 32.2 Å². The van der Waals surface area contributed by atoms with Crippen LogP contribution in [0.2, 0.25) is 0 Å². The van der Waals surface area contributed by atoms with Gasteiger partial charge in [0.15, 0.2) is 0 Å². The molecule has 0 spiro atoms. The Hall–Kier alpha value is -1.93. The Morgan fingerprint density at radius 1 is 1.26 bits per heavy atom. The molecule has 19 heavy (non-hydrogen) atoms. The summed E-state index contributed by atoms with van der Waals surface area (Å²) in [4.78, 5) is 12.7. The first-order valence-corrected chi connectivity index (χ1v) is 6.61. The van der Waals surface area contributed by atoms with Gasteiger partial charge in [0.1, 0.15) is 11.6 Å². The summed E-state index contributed by atoms with van der Waals surface area (Å²) in [5, 5.41) is 20.1. The summed E-state index contributed by atoms with van der Waals surface area (Å²) in [7, 11) is 0. The number of nitriles is 1. The van der Waals surface area contributed by atoms with Crippen molar-refractivity contribution < 1.29 is 4.92 Å². The third-order valence-corrected chi connectivity index (χ3v) is 3.53. The molecule has 0 saturated carbocycles. The first-order chi connectivity index (χ1) is 9.22. The fourth-order valence-electron chi connectivity index (χ4n) is 2.53. The zero-order valence-electron chi connectivity index (χ0n) is 10.8. The fourth-order valence-corrected chi connectivity index (χ4v) is 2.53. The molecule has 1 aliphatic heterocycles. The van der Waals surface area contributed by atoms with Crippen molar-refractivity contribution >= 4 is 5.69 Å². The number of nitro groups is 1. The van der Waals surface area contributed by atoms with Crippen LogP contribution in [-0.2, 0) is 6.54 Å². The van der Waals surface area contributed by atoms with Crippen molar-refractivity contribution in [3.05, 3.63) is 39.4 Å². The predicted molar refractivity (Wildman–Crippen MR) is 71.6 cm³/mol. The molecule has 1 fully saturated rings. The Labute approximate surface area is 112 Å². The summed E-state index contributed by atoms with van der Waals surface area (Å²) >= 11 is 0. The third kappa shape index (κ3) is 3.30. The number of rotatable bonds is 3. The molecule has 0 unspecified atom stereocenters. The molecule has 1 saturated heterocycles. The zero-order valence-corrected chi connectivity index (χ0v) is 10.8. The highest BCUT2D eigenvalue weighted by atomic mass is 16.6. The van der Waals surface area contributed by atoms with Crippen LogP contribution < -0.4 is 0 Å². The van der Waals surface area contributed by atoms with Crippen LogP contribution in [0.15, 0.2) is 18.2 Å². The van der Waals surface area contributed by atoms with Gasteiger partial charge < -0.3 is 0 Å². The standard InChI is InChI=1S/C14H17N3O2/c15-10-13-12(6-5-7-14(13)17(18)19)11-16-8-3-1-2-4-9-16/h5-7H,1-4,8-9,11H2. The quantitative estimate of drug-likeness (QED) is 0.618. The van der Waals surface area contributed by atoms with Gasteiger partial charge in [-0.25, -0.2) is 0 Å². The van der Waals surface area contributed by atoms with Gasteiger partial charge in [0.05, 0.1) is 4.92 Å². The molecule has 1 aromatic rings. The molecule has 100 valence electrons. The molecule has 0 bridgehead atoms. The minimum atomic E-state index is -0.482. The molecular formula is C14H17N3O2. The monoisotopic (exact) mass is 259 g/mol. The Morgan fingerprint density at radius 2 is 1.95 bits per heavy atom. The van der Waals surface area contributed by atoms with E-state index < -0.39 is 4.92 Å². The van der Waals surface area contributed by atoms with Crippen molar-refractivity contribution in [1.29, 1.82) is 5.26 Å². The van der Waals surface area contributed by atoms with E-state index in [9.17, 15) is 10.1 Å². The zero-order chi connectivity index (χ0) is 13.7. The summed E-state index contributed by atoms with van der Waals surface area (Å²) in [5.74, 6) is 0. The van der Waals surface area contributed by atoms with Crippen molar-refractivity contribution in [1.82, 2.24) is 4.90 Å². The molecule has 0 amide bonds. The average Bonchev–Trinajstić information content (AvgIpc) is 2.67. The maximum absolute atomic E-state index is 10.9. The predicted octanol–water partition coefficient (Wildman–Crippen LogP) is 2.84. The van der Waals surface area contributed by atoms with Crippen molar-refractivity contribution in [3.8, 4) is 6.07 Å². The van der Waals surface area contributed by atoms with Crippen LogP contribution >= 0.6 is 0 Å². The van der Waals surface area contributed by atoms with Crippen molar-refractivity contribution in [3.63, 3.8) is 0 Å². The molecule has 1 heterocycles. The minimum Gasteiger partial charge on any atom is -0.299 e. The molecule has 0 aromatic heterocycles. The summed E-state index contributed by atoms with van der Waals surface area (Å²) in [6.45, 7) is 2.64. The van der Waals surface area contributed by atoms with Crippen LogP contribution in [-0.4, -0.2) is 22.9 Å². The van der Waals surface area contributed by atoms with Crippen molar-refractivity contribution in [2.24, 2.45) is 0 Å². The number of nitrogens with zero attached hydrogens (tertiary/aromatic N) is 3. The highest BCUT2D eigenvalue weighted by molar-refractivity contribution is 5.53. The van der Waals surface area contributed by atoms with Crippen LogP contribution in [0.3, 0.4) is 0 Å². The van der Waals surface area contributed by atoms with Gasteiger partial charge in [0.2, 0.25) is 0 Å². The molecule has 0 atom stereocenters. The van der Waals surface area contributed by atoms with E-state index in [-0.39, 0.29) is 11.3 Å². The molecule has 1 aromatic carbocycles. The molecule has 0 N–H and O–H groups in total. The van der Waals surface area contributed by atoms with Gasteiger partial charge >= 0.3 is 0 Å². The number of likely N-dealkylation sites (tertiary alicyclic amines) is 1. The summed E-state index contributed by atoms with van der Waals surface area (Å²) in [5.41, 5.74) is 0.880. The van der Waals surface area contributed by atoms with Crippen LogP contribution in [0.1, 0.15) is 36.8 Å². The van der Waals surface area contributed by atoms with Gasteiger partial charge in [-0.15, -0.1) is 0 Å². The van der Waals surface area contributed by atoms with Gasteiger partial charge in [-0.1, -0.05) is 25.0 Å². The van der Waals surface area contributed by atoms with E-state index in [1.807, 2.05) is 12.1 Å². The normalized spacial score (nSPS) is 16.6. The van der Waals surface area contributed by atoms with E-state index in [4.69, 9.17) is 5.26 Å². The van der Waals surface area contributed by atoms with Gasteiger partial charge in [0, 0.05) is 12.6 Å². The smallest absolute Gasteiger partial charge is 0.287 e. The average molecular weight is 259 g/mol. The number of hydrogen-bond donors (Lipinski definition) is 0. The topological polar surface area (TPSA) is 70.2 Å². The number of benzene rings is 1. The Balaban J connectivity index is 2.22. The Kier molecular flexibility index (Phi) is 4.48. The summed E-state index contributed by atoms with van der Waals surface area (Å²) < 4.78 is 0. The lowest BCUT2D eigenvalue weighted by atomic mass is 10.1. The molecular weight excluding hydrogens is 242 g/mol. The van der Waals surface area contributed by atoms with E-state index in [1.165, 1.54) is 18.9 Å². The minimum absolute atomic E-state index is 0.0881. The number of nitro benzene ring substituents is 1. The van der Waals surface area contributed by atoms with E-state index >= 15 is 0 Å². The van der Waals surface area contributed by atoms with E-state index in [2.05, 4.69) is 4.90 Å². The van der Waals surface area contributed by atoms with Crippen molar-refractivity contribution in [2.75, 3.05) is 13.1 Å². The first kappa shape index (κ1) is 13.5. The maximum Gasteiger partial charge on any atom is 0.287 e. The molecule has 2 rings (SSSR count). The second kappa shape index (κ2) is 6.30. The van der Waals surface area contributed by atoms with E-state index in [0.717, 1.165) is 31.5 Å². The number of hydrogen-bond acceptors (Lipinski definition) is 4. The second-order valence-corrected chi connectivity index (χ2v) is 4.87. The van der Waals surface area contributed by atoms with Crippen LogP contribution in [0.5, 0.6) is 0 Å². The molecule has 0 radical (unpaired) electrons. The maximum atomic E-state index is 10.9. The largest absolute Gasteiger partial charge is 0.299 e. The highest BCUT2D eigenvalue weighted by Crippen LogP contribution is 2.23. The molecule has 0 aliphatic carbocycles. The van der Waals surface area contributed by atoms with Crippen LogP contribution in [0, 0.1) is 21.4 Å². The van der Waals surface area contributed by atoms with E-state index in [1.54, 1.807) is 6.07 Å². The first-order valence-electron chi connectivity index (χ1n) is 6.61. The fraction of sp³-hybridized carbons (Fsp3) is 0.500. The molecule has 5 nitrogen and oxygen atoms in total. The van der Waals surface area contributed by atoms with Gasteiger partial charge in [-0.2, -0.15) is 5.26 Å². The van der Waals surface area contributed by atoms with Gasteiger partial charge in [0.25, 0.3) is 5.69 Å². The lowest BCUT2D eigenvalue weighted by Gasteiger charge is -2.20. The highest BCUT2D eigenvalue weighted by Gasteiger charge is 2.19. The lowest BCUT2D eigenvalue weighted by molar-refractivity contribution is -0.385. The van der Waals surface area contributed by atoms with E-state index in [0.29, 0.717) is 6.54 Å². The van der Waals surface area contributed by atoms with Gasteiger partial charge in [-0.05, 0) is 31.5 Å². The summed E-state index contributed by atoms with van der Waals surface area (Å²) in [6, 6.07) is 6.85. The second-order valence-electron chi connectivity index (χ2n) is 4.87. The molecule has 1 aliphatic rings. The third-order valence-electron chi connectivity index (χ3n) is 3.53. The SMILES string of the molecule is N#Cc1c(CN2CCCCCC2)cccc1[N+](=O)[O-]. The van der Waals surface area contributed by atoms with Crippen LogP contribution in [0.25, 0.3) is 0 Å². The Bertz CT molecular complexity index is 500. The Morgan fingerprint density at radius 3 is 2.53 bits per heavy atom. The molecule has 5 heteroatoms. The lowest BCUT2D eigenvalue weighted by Crippen LogP contribution is -2.24. The van der Waals surface area contributed by atoms with Crippen LogP contribution in [0.4, 0.5) is 5.69 Å².